The summed E-state index contributed by atoms with van der Waals surface area (Å²) in [6.45, 7) is 4.61. The lowest BCUT2D eigenvalue weighted by molar-refractivity contribution is -0.173. The van der Waals surface area contributed by atoms with Crippen LogP contribution >= 0.6 is 23.2 Å². The van der Waals surface area contributed by atoms with Gasteiger partial charge in [-0.3, -0.25) is 4.79 Å². The Kier molecular flexibility index (Phi) is 16.6. The second-order valence-electron chi connectivity index (χ2n) is 18.8. The van der Waals surface area contributed by atoms with E-state index in [1.54, 1.807) is 0 Å². The lowest BCUT2D eigenvalue weighted by atomic mass is 9.41. The van der Waals surface area contributed by atoms with Crippen LogP contribution < -0.4 is 0 Å². The fraction of sp³-hybridized carbons (Fsp3) is 0.978. The van der Waals surface area contributed by atoms with Crippen molar-refractivity contribution < 1.29 is 4.79 Å². The molecule has 0 aromatic heterocycles. The van der Waals surface area contributed by atoms with Crippen LogP contribution in [-0.2, 0) is 4.79 Å². The van der Waals surface area contributed by atoms with Crippen molar-refractivity contribution >= 4 is 29.0 Å². The van der Waals surface area contributed by atoms with E-state index in [0.29, 0.717) is 5.78 Å². The molecule has 0 radical (unpaired) electrons. The first-order valence-corrected chi connectivity index (χ1v) is 23.5. The van der Waals surface area contributed by atoms with Crippen LogP contribution in [0.15, 0.2) is 0 Å². The SMILES string of the molecule is CCCCCCCCCCC1CCC(C2CCC3(CC2)C(=O)C2(CCC(C4CCC(CCCCCCCCCC)CC4)CC2)C3(Cl)Cl)CC1. The minimum absolute atomic E-state index is 0.444. The summed E-state index contributed by atoms with van der Waals surface area (Å²) in [6.07, 6.45) is 45.9. The first-order chi connectivity index (χ1) is 23.9. The van der Waals surface area contributed by atoms with E-state index < -0.39 is 15.2 Å². The van der Waals surface area contributed by atoms with E-state index in [9.17, 15) is 4.79 Å². The summed E-state index contributed by atoms with van der Waals surface area (Å²) in [4.78, 5) is 14.2. The van der Waals surface area contributed by atoms with Gasteiger partial charge in [-0.15, -0.1) is 0 Å². The molecule has 0 N–H and O–H groups in total. The number of unbranched alkanes of at least 4 members (excludes halogenated alkanes) is 14. The molecular weight excluding hydrogens is 639 g/mol. The normalized spacial score (nSPS) is 36.3. The Morgan fingerprint density at radius 1 is 0.429 bits per heavy atom. The van der Waals surface area contributed by atoms with E-state index in [2.05, 4.69) is 13.8 Å². The summed E-state index contributed by atoms with van der Waals surface area (Å²) in [6, 6.07) is 0. The molecule has 5 fully saturated rings. The quantitative estimate of drug-likeness (QED) is 0.0904. The Hall–Kier alpha value is 0.250. The highest BCUT2D eigenvalue weighted by Crippen LogP contribution is 2.75. The molecule has 49 heavy (non-hydrogen) atoms. The van der Waals surface area contributed by atoms with Gasteiger partial charge in [-0.2, -0.15) is 0 Å². The van der Waals surface area contributed by atoms with Gasteiger partial charge in [-0.25, -0.2) is 0 Å². The first kappa shape index (κ1) is 40.4. The predicted octanol–water partition coefficient (Wildman–Crippen LogP) is 15.8. The lowest BCUT2D eigenvalue weighted by Gasteiger charge is -2.67. The third-order valence-electron chi connectivity index (χ3n) is 15.9. The molecule has 1 nitrogen and oxygen atoms in total. The van der Waals surface area contributed by atoms with Crippen LogP contribution in [0.3, 0.4) is 0 Å². The Labute approximate surface area is 315 Å². The maximum Gasteiger partial charge on any atom is 0.151 e. The molecule has 5 saturated carbocycles. The smallest absolute Gasteiger partial charge is 0.151 e. The second-order valence-corrected chi connectivity index (χ2v) is 20.2. The molecule has 5 rings (SSSR count). The van der Waals surface area contributed by atoms with Crippen molar-refractivity contribution in [1.29, 1.82) is 0 Å². The van der Waals surface area contributed by atoms with Crippen LogP contribution in [0.25, 0.3) is 0 Å². The van der Waals surface area contributed by atoms with Gasteiger partial charge in [0.05, 0.1) is 10.8 Å². The molecule has 0 aromatic rings. The van der Waals surface area contributed by atoms with E-state index in [1.807, 2.05) is 0 Å². The van der Waals surface area contributed by atoms with Crippen molar-refractivity contribution in [2.45, 2.75) is 236 Å². The zero-order chi connectivity index (χ0) is 34.6. The van der Waals surface area contributed by atoms with Crippen molar-refractivity contribution in [1.82, 2.24) is 0 Å². The Morgan fingerprint density at radius 2 is 0.714 bits per heavy atom. The van der Waals surface area contributed by atoms with Crippen molar-refractivity contribution in [2.75, 3.05) is 0 Å². The van der Waals surface area contributed by atoms with Crippen molar-refractivity contribution in [3.8, 4) is 0 Å². The molecule has 2 spiro atoms. The minimum atomic E-state index is -0.839. The number of hydrogen-bond acceptors (Lipinski definition) is 1. The van der Waals surface area contributed by atoms with Gasteiger partial charge in [0.1, 0.15) is 4.33 Å². The summed E-state index contributed by atoms with van der Waals surface area (Å²) >= 11 is 14.9. The summed E-state index contributed by atoms with van der Waals surface area (Å²) in [5.41, 5.74) is -0.887. The van der Waals surface area contributed by atoms with Crippen molar-refractivity contribution in [3.05, 3.63) is 0 Å². The zero-order valence-electron chi connectivity index (χ0n) is 32.7. The molecule has 0 aliphatic heterocycles. The standard InChI is InChI=1S/C46H80Cl2O/c1-3-5-7-9-11-13-15-17-19-37-21-25-39(26-22-37)41-29-33-44(34-30-41)43(49)45(46(44,47)48)35-31-42(32-36-45)40-27-23-38(24-28-40)20-18-16-14-12-10-8-6-4-2/h37-42H,3-36H2,1-2H3. The monoisotopic (exact) mass is 719 g/mol. The summed E-state index contributed by atoms with van der Waals surface area (Å²) in [5, 5.41) is 0. The number of carbonyl (C=O) groups excluding carboxylic acids is 1. The Balaban J connectivity index is 0.956. The predicted molar refractivity (Wildman–Crippen MR) is 214 cm³/mol. The first-order valence-electron chi connectivity index (χ1n) is 22.8. The highest BCUT2D eigenvalue weighted by molar-refractivity contribution is 6.55. The van der Waals surface area contributed by atoms with Crippen LogP contribution in [0.4, 0.5) is 0 Å². The van der Waals surface area contributed by atoms with Crippen LogP contribution in [0.5, 0.6) is 0 Å². The minimum Gasteiger partial charge on any atom is -0.298 e. The second kappa shape index (κ2) is 20.1. The number of rotatable bonds is 20. The number of halogens is 2. The largest absolute Gasteiger partial charge is 0.298 e. The lowest BCUT2D eigenvalue weighted by Crippen LogP contribution is -2.74. The Morgan fingerprint density at radius 3 is 1.02 bits per heavy atom. The van der Waals surface area contributed by atoms with Crippen molar-refractivity contribution in [2.24, 2.45) is 46.3 Å². The number of alkyl halides is 2. The van der Waals surface area contributed by atoms with Gasteiger partial charge >= 0.3 is 0 Å². The van der Waals surface area contributed by atoms with Crippen LogP contribution in [0, 0.1) is 46.3 Å². The van der Waals surface area contributed by atoms with E-state index in [-0.39, 0.29) is 0 Å². The van der Waals surface area contributed by atoms with E-state index in [1.165, 1.54) is 193 Å². The van der Waals surface area contributed by atoms with Crippen LogP contribution in [-0.4, -0.2) is 10.1 Å². The van der Waals surface area contributed by atoms with Gasteiger partial charge < -0.3 is 0 Å². The van der Waals surface area contributed by atoms with Crippen LogP contribution in [0.2, 0.25) is 0 Å². The van der Waals surface area contributed by atoms with Crippen molar-refractivity contribution in [3.63, 3.8) is 0 Å². The van der Waals surface area contributed by atoms with E-state index in [4.69, 9.17) is 23.2 Å². The maximum absolute atomic E-state index is 14.2. The fourth-order valence-corrected chi connectivity index (χ4v) is 13.6. The van der Waals surface area contributed by atoms with Gasteiger partial charge in [-0.1, -0.05) is 178 Å². The molecule has 0 bridgehead atoms. The molecule has 0 amide bonds. The Bertz CT molecular complexity index is 853. The molecule has 5 aliphatic rings. The summed E-state index contributed by atoms with van der Waals surface area (Å²) in [7, 11) is 0. The van der Waals surface area contributed by atoms with Gasteiger partial charge in [0, 0.05) is 0 Å². The van der Waals surface area contributed by atoms with Gasteiger partial charge in [0.25, 0.3) is 0 Å². The number of Topliss-reactive ketones (excluding diaryl/α,β-unsaturated/α-hetero) is 1. The molecule has 0 unspecified atom stereocenters. The number of hydrogen-bond donors (Lipinski definition) is 0. The molecule has 3 heteroatoms. The summed E-state index contributed by atoms with van der Waals surface area (Å²) < 4.78 is -0.839. The third kappa shape index (κ3) is 9.87. The molecule has 0 aromatic carbocycles. The summed E-state index contributed by atoms with van der Waals surface area (Å²) in [5.74, 6) is 5.79. The molecule has 0 heterocycles. The highest BCUT2D eigenvalue weighted by atomic mass is 35.5. The molecular formula is C46H80Cl2O. The molecule has 0 atom stereocenters. The topological polar surface area (TPSA) is 17.1 Å². The number of carbonyl (C=O) groups is 1. The molecule has 284 valence electrons. The van der Waals surface area contributed by atoms with Gasteiger partial charge in [0.2, 0.25) is 0 Å². The fourth-order valence-electron chi connectivity index (χ4n) is 12.5. The highest BCUT2D eigenvalue weighted by Gasteiger charge is 2.79. The van der Waals surface area contributed by atoms with E-state index >= 15 is 0 Å². The zero-order valence-corrected chi connectivity index (χ0v) is 34.2. The van der Waals surface area contributed by atoms with Crippen LogP contribution in [0.1, 0.15) is 232 Å². The molecule has 5 aliphatic carbocycles. The maximum atomic E-state index is 14.2. The number of ketones is 1. The van der Waals surface area contributed by atoms with Gasteiger partial charge in [-0.05, 0) is 113 Å². The third-order valence-corrected chi connectivity index (χ3v) is 17.3. The average molecular weight is 720 g/mol. The van der Waals surface area contributed by atoms with Gasteiger partial charge in [0.15, 0.2) is 5.78 Å². The average Bonchev–Trinajstić information content (AvgIpc) is 3.14. The molecule has 0 saturated heterocycles. The van der Waals surface area contributed by atoms with E-state index in [0.717, 1.165) is 61.2 Å².